The van der Waals surface area contributed by atoms with E-state index >= 15 is 0 Å². The molecule has 0 aromatic heterocycles. The lowest BCUT2D eigenvalue weighted by atomic mass is 10.0. The molecule has 0 radical (unpaired) electrons. The van der Waals surface area contributed by atoms with Gasteiger partial charge in [0.2, 0.25) is 10.0 Å². The normalized spacial score (nSPS) is 18.4. The summed E-state index contributed by atoms with van der Waals surface area (Å²) < 4.78 is 27.6. The molecule has 2 rings (SSSR count). The number of nitrogens with one attached hydrogen (secondary N) is 1. The number of piperidine rings is 1. The van der Waals surface area contributed by atoms with Crippen molar-refractivity contribution in [3.05, 3.63) is 28.2 Å². The van der Waals surface area contributed by atoms with Gasteiger partial charge in [0.25, 0.3) is 0 Å². The summed E-state index contributed by atoms with van der Waals surface area (Å²) in [5.74, 6) is 0.614. The van der Waals surface area contributed by atoms with Crippen molar-refractivity contribution in [2.45, 2.75) is 31.2 Å². The summed E-state index contributed by atoms with van der Waals surface area (Å²) in [7, 11) is -1.51. The standard InChI is InChI=1S/C14H21BrN2O2S/c1-11-5-7-17(8-6-11)20(18,19)14-4-3-12(10-16-2)9-13(14)15/h3-4,9,11,16H,5-8,10H2,1-2H3. The van der Waals surface area contributed by atoms with Crippen molar-refractivity contribution in [1.82, 2.24) is 9.62 Å². The Bertz CT molecular complexity index is 567. The maximum Gasteiger partial charge on any atom is 0.244 e. The highest BCUT2D eigenvalue weighted by atomic mass is 79.9. The Morgan fingerprint density at radius 2 is 2.00 bits per heavy atom. The fourth-order valence-corrected chi connectivity index (χ4v) is 4.99. The molecule has 4 nitrogen and oxygen atoms in total. The van der Waals surface area contributed by atoms with Crippen molar-refractivity contribution in [3.8, 4) is 0 Å². The number of nitrogens with zero attached hydrogens (tertiary/aromatic N) is 1. The van der Waals surface area contributed by atoms with Gasteiger partial charge in [-0.2, -0.15) is 4.31 Å². The molecule has 0 amide bonds. The van der Waals surface area contributed by atoms with Crippen LogP contribution in [0.1, 0.15) is 25.3 Å². The topological polar surface area (TPSA) is 49.4 Å². The zero-order valence-corrected chi connectivity index (χ0v) is 14.3. The van der Waals surface area contributed by atoms with E-state index in [-0.39, 0.29) is 0 Å². The Morgan fingerprint density at radius 3 is 2.55 bits per heavy atom. The lowest BCUT2D eigenvalue weighted by molar-refractivity contribution is 0.288. The van der Waals surface area contributed by atoms with Crippen LogP contribution in [-0.2, 0) is 16.6 Å². The molecule has 0 atom stereocenters. The Labute approximate surface area is 129 Å². The molecule has 1 aliphatic heterocycles. The fraction of sp³-hybridized carbons (Fsp3) is 0.571. The number of sulfonamides is 1. The Kier molecular flexibility index (Phi) is 5.23. The van der Waals surface area contributed by atoms with E-state index in [0.717, 1.165) is 24.9 Å². The van der Waals surface area contributed by atoms with E-state index in [1.807, 2.05) is 19.2 Å². The van der Waals surface area contributed by atoms with E-state index in [0.29, 0.717) is 28.4 Å². The minimum Gasteiger partial charge on any atom is -0.316 e. The lowest BCUT2D eigenvalue weighted by Crippen LogP contribution is -2.38. The zero-order valence-electron chi connectivity index (χ0n) is 11.9. The van der Waals surface area contributed by atoms with Gasteiger partial charge in [-0.1, -0.05) is 13.0 Å². The van der Waals surface area contributed by atoms with E-state index < -0.39 is 10.0 Å². The molecule has 6 heteroatoms. The molecule has 0 saturated carbocycles. The van der Waals surface area contributed by atoms with Crippen LogP contribution < -0.4 is 5.32 Å². The number of halogens is 1. The van der Waals surface area contributed by atoms with E-state index in [9.17, 15) is 8.42 Å². The second kappa shape index (κ2) is 6.56. The van der Waals surface area contributed by atoms with Gasteiger partial charge in [0.15, 0.2) is 0 Å². The molecule has 1 heterocycles. The van der Waals surface area contributed by atoms with Gasteiger partial charge < -0.3 is 5.32 Å². The lowest BCUT2D eigenvalue weighted by Gasteiger charge is -2.29. The molecule has 0 aliphatic carbocycles. The Morgan fingerprint density at radius 1 is 1.35 bits per heavy atom. The number of hydrogen-bond donors (Lipinski definition) is 1. The zero-order chi connectivity index (χ0) is 14.8. The molecule has 112 valence electrons. The summed E-state index contributed by atoms with van der Waals surface area (Å²) in [6.45, 7) is 4.13. The largest absolute Gasteiger partial charge is 0.316 e. The molecule has 20 heavy (non-hydrogen) atoms. The number of hydrogen-bond acceptors (Lipinski definition) is 3. The quantitative estimate of drug-likeness (QED) is 0.897. The van der Waals surface area contributed by atoms with Crippen LogP contribution in [0.25, 0.3) is 0 Å². The molecule has 1 aromatic rings. The van der Waals surface area contributed by atoms with Crippen molar-refractivity contribution >= 4 is 26.0 Å². The van der Waals surface area contributed by atoms with Crippen LogP contribution in [0, 0.1) is 5.92 Å². The first-order valence-electron chi connectivity index (χ1n) is 6.88. The van der Waals surface area contributed by atoms with Crippen molar-refractivity contribution in [2.75, 3.05) is 20.1 Å². The summed E-state index contributed by atoms with van der Waals surface area (Å²) in [6.07, 6.45) is 1.88. The molecule has 1 aliphatic rings. The van der Waals surface area contributed by atoms with Crippen LogP contribution in [0.2, 0.25) is 0 Å². The third-order valence-electron chi connectivity index (χ3n) is 3.74. The highest BCUT2D eigenvalue weighted by Crippen LogP contribution is 2.29. The molecule has 0 unspecified atom stereocenters. The average Bonchev–Trinajstić information content (AvgIpc) is 2.39. The molecule has 1 N–H and O–H groups in total. The monoisotopic (exact) mass is 360 g/mol. The molecule has 1 fully saturated rings. The van der Waals surface area contributed by atoms with Crippen molar-refractivity contribution in [1.29, 1.82) is 0 Å². The van der Waals surface area contributed by atoms with Crippen molar-refractivity contribution in [3.63, 3.8) is 0 Å². The second-order valence-electron chi connectivity index (χ2n) is 5.38. The van der Waals surface area contributed by atoms with Crippen LogP contribution in [-0.4, -0.2) is 32.9 Å². The molecule has 1 saturated heterocycles. The highest BCUT2D eigenvalue weighted by molar-refractivity contribution is 9.10. The summed E-state index contributed by atoms with van der Waals surface area (Å²) in [4.78, 5) is 0.368. The van der Waals surface area contributed by atoms with E-state index in [2.05, 4.69) is 28.2 Å². The van der Waals surface area contributed by atoms with Crippen LogP contribution in [0.4, 0.5) is 0 Å². The Hall–Kier alpha value is -0.430. The van der Waals surface area contributed by atoms with Crippen LogP contribution in [0.3, 0.4) is 0 Å². The maximum absolute atomic E-state index is 12.7. The van der Waals surface area contributed by atoms with Crippen LogP contribution in [0.15, 0.2) is 27.6 Å². The second-order valence-corrected chi connectivity index (χ2v) is 8.14. The van der Waals surface area contributed by atoms with Gasteiger partial charge in [0.1, 0.15) is 0 Å². The minimum atomic E-state index is -3.38. The van der Waals surface area contributed by atoms with E-state index in [1.165, 1.54) is 0 Å². The Balaban J connectivity index is 2.25. The van der Waals surface area contributed by atoms with Gasteiger partial charge in [0.05, 0.1) is 4.90 Å². The van der Waals surface area contributed by atoms with Gasteiger partial charge in [-0.25, -0.2) is 8.42 Å². The van der Waals surface area contributed by atoms with Crippen LogP contribution >= 0.6 is 15.9 Å². The van der Waals surface area contributed by atoms with Crippen LogP contribution in [0.5, 0.6) is 0 Å². The third-order valence-corrected chi connectivity index (χ3v) is 6.61. The predicted molar refractivity (Wildman–Crippen MR) is 84.1 cm³/mol. The number of rotatable bonds is 4. The molecule has 0 bridgehead atoms. The van der Waals surface area contributed by atoms with Gasteiger partial charge in [-0.15, -0.1) is 0 Å². The first-order chi connectivity index (χ1) is 9.45. The summed E-state index contributed by atoms with van der Waals surface area (Å²) >= 11 is 3.40. The van der Waals surface area contributed by atoms with E-state index in [4.69, 9.17) is 0 Å². The molecular weight excluding hydrogens is 340 g/mol. The third kappa shape index (κ3) is 3.42. The number of benzene rings is 1. The van der Waals surface area contributed by atoms with Gasteiger partial charge in [-0.05, 0) is 59.4 Å². The smallest absolute Gasteiger partial charge is 0.244 e. The fourth-order valence-electron chi connectivity index (χ4n) is 2.43. The summed E-state index contributed by atoms with van der Waals surface area (Å²) in [5.41, 5.74) is 1.06. The summed E-state index contributed by atoms with van der Waals surface area (Å²) in [6, 6.07) is 5.43. The van der Waals surface area contributed by atoms with Crippen molar-refractivity contribution < 1.29 is 8.42 Å². The molecular formula is C14H21BrN2O2S. The molecule has 1 aromatic carbocycles. The highest BCUT2D eigenvalue weighted by Gasteiger charge is 2.29. The predicted octanol–water partition coefficient (Wildman–Crippen LogP) is 2.59. The van der Waals surface area contributed by atoms with Crippen molar-refractivity contribution in [2.24, 2.45) is 5.92 Å². The summed E-state index contributed by atoms with van der Waals surface area (Å²) in [5, 5.41) is 3.06. The molecule has 0 spiro atoms. The average molecular weight is 361 g/mol. The van der Waals surface area contributed by atoms with Gasteiger partial charge in [0, 0.05) is 24.1 Å². The van der Waals surface area contributed by atoms with E-state index in [1.54, 1.807) is 10.4 Å². The maximum atomic E-state index is 12.7. The first-order valence-corrected chi connectivity index (χ1v) is 9.11. The minimum absolute atomic E-state index is 0.368. The SMILES string of the molecule is CNCc1ccc(S(=O)(=O)N2CCC(C)CC2)c(Br)c1. The van der Waals surface area contributed by atoms with Gasteiger partial charge >= 0.3 is 0 Å². The first kappa shape index (κ1) is 15.9. The van der Waals surface area contributed by atoms with Gasteiger partial charge in [-0.3, -0.25) is 0 Å².